The minimum absolute atomic E-state index is 0.0963. The number of hydrogen-bond donors (Lipinski definition) is 3. The highest BCUT2D eigenvalue weighted by molar-refractivity contribution is 5.87. The van der Waals surface area contributed by atoms with Crippen molar-refractivity contribution < 1.29 is 14.6 Å². The first-order valence-corrected chi connectivity index (χ1v) is 12.8. The van der Waals surface area contributed by atoms with Crippen LogP contribution in [0, 0.1) is 5.41 Å². The van der Waals surface area contributed by atoms with Crippen molar-refractivity contribution in [3.05, 3.63) is 64.7 Å². The molecule has 2 saturated carbocycles. The summed E-state index contributed by atoms with van der Waals surface area (Å²) in [5.41, 5.74) is 2.93. The van der Waals surface area contributed by atoms with Gasteiger partial charge in [0, 0.05) is 50.5 Å². The van der Waals surface area contributed by atoms with Crippen LogP contribution in [0.3, 0.4) is 0 Å². The van der Waals surface area contributed by atoms with Gasteiger partial charge in [0.05, 0.1) is 17.6 Å². The van der Waals surface area contributed by atoms with E-state index in [1.807, 2.05) is 42.1 Å². The summed E-state index contributed by atoms with van der Waals surface area (Å²) in [7, 11) is 1.89. The molecule has 2 aliphatic carbocycles. The van der Waals surface area contributed by atoms with E-state index >= 15 is 0 Å². The van der Waals surface area contributed by atoms with E-state index in [1.165, 1.54) is 6.92 Å². The lowest BCUT2D eigenvalue weighted by Crippen LogP contribution is -2.28. The number of carbonyl (C=O) groups excluding carboxylic acids is 1. The van der Waals surface area contributed by atoms with E-state index in [9.17, 15) is 14.7 Å². The zero-order valence-corrected chi connectivity index (χ0v) is 21.4. The third kappa shape index (κ3) is 4.87. The van der Waals surface area contributed by atoms with Gasteiger partial charge in [-0.1, -0.05) is 0 Å². The lowest BCUT2D eigenvalue weighted by atomic mass is 10.1. The number of ether oxygens (including phenoxy) is 1. The minimum Gasteiger partial charge on any atom is -0.457 e. The first-order chi connectivity index (χ1) is 18.3. The number of pyridine rings is 2. The SMILES string of the molecule is CC(=O)Nc1cc(Oc2ccc3nc(Nc4cc(C5CC5)cn(CC5(CO)CC5)c4=O)n(C)c3c2)ccn1. The summed E-state index contributed by atoms with van der Waals surface area (Å²) < 4.78 is 9.66. The second-order valence-corrected chi connectivity index (χ2v) is 10.5. The van der Waals surface area contributed by atoms with Crippen LogP contribution in [0.4, 0.5) is 17.5 Å². The molecule has 0 atom stereocenters. The van der Waals surface area contributed by atoms with Gasteiger partial charge in [-0.2, -0.15) is 0 Å². The number of benzene rings is 1. The molecule has 1 amide bonds. The number of aryl methyl sites for hydroxylation is 1. The predicted octanol–water partition coefficient (Wildman–Crippen LogP) is 4.27. The molecule has 0 saturated heterocycles. The summed E-state index contributed by atoms with van der Waals surface area (Å²) in [6.07, 6.45) is 7.67. The maximum atomic E-state index is 13.4. The van der Waals surface area contributed by atoms with Gasteiger partial charge in [0.25, 0.3) is 5.56 Å². The molecule has 1 aromatic carbocycles. The van der Waals surface area contributed by atoms with Gasteiger partial charge in [0.2, 0.25) is 11.9 Å². The van der Waals surface area contributed by atoms with Crippen LogP contribution >= 0.6 is 0 Å². The van der Waals surface area contributed by atoms with E-state index < -0.39 is 0 Å². The molecule has 3 heterocycles. The van der Waals surface area contributed by atoms with Gasteiger partial charge in [-0.3, -0.25) is 9.59 Å². The summed E-state index contributed by atoms with van der Waals surface area (Å²) in [6, 6.07) is 10.9. The summed E-state index contributed by atoms with van der Waals surface area (Å²) in [6.45, 7) is 2.05. The van der Waals surface area contributed by atoms with Crippen LogP contribution in [0.2, 0.25) is 0 Å². The van der Waals surface area contributed by atoms with E-state index in [1.54, 1.807) is 22.9 Å². The Morgan fingerprint density at radius 2 is 1.97 bits per heavy atom. The van der Waals surface area contributed by atoms with Crippen molar-refractivity contribution in [2.45, 2.75) is 45.1 Å². The summed E-state index contributed by atoms with van der Waals surface area (Å²) in [5.74, 6) is 2.37. The minimum atomic E-state index is -0.208. The Bertz CT molecular complexity index is 1600. The highest BCUT2D eigenvalue weighted by Crippen LogP contribution is 2.47. The van der Waals surface area contributed by atoms with Gasteiger partial charge >= 0.3 is 0 Å². The van der Waals surface area contributed by atoms with Gasteiger partial charge in [-0.15, -0.1) is 0 Å². The summed E-state index contributed by atoms with van der Waals surface area (Å²) in [4.78, 5) is 33.6. The molecule has 2 aliphatic rings. The fourth-order valence-electron chi connectivity index (χ4n) is 4.74. The maximum absolute atomic E-state index is 13.4. The van der Waals surface area contributed by atoms with Gasteiger partial charge in [0.1, 0.15) is 23.0 Å². The monoisotopic (exact) mass is 514 g/mol. The molecule has 0 aliphatic heterocycles. The van der Waals surface area contributed by atoms with Crippen LogP contribution in [-0.4, -0.2) is 36.7 Å². The van der Waals surface area contributed by atoms with E-state index in [2.05, 4.69) is 15.6 Å². The number of hydrogen-bond acceptors (Lipinski definition) is 7. The van der Waals surface area contributed by atoms with Gasteiger partial charge in [-0.25, -0.2) is 9.97 Å². The number of nitrogens with one attached hydrogen (secondary N) is 2. The molecule has 0 spiro atoms. The van der Waals surface area contributed by atoms with Crippen LogP contribution in [0.5, 0.6) is 11.5 Å². The molecule has 3 N–H and O–H groups in total. The smallest absolute Gasteiger partial charge is 0.274 e. The highest BCUT2D eigenvalue weighted by Gasteiger charge is 2.42. The zero-order chi connectivity index (χ0) is 26.4. The van der Waals surface area contributed by atoms with Crippen molar-refractivity contribution in [1.82, 2.24) is 19.1 Å². The van der Waals surface area contributed by atoms with Gasteiger partial charge in [-0.05, 0) is 61.4 Å². The topological polar surface area (TPSA) is 123 Å². The Hall–Kier alpha value is -4.18. The molecule has 0 unspecified atom stereocenters. The number of aliphatic hydroxyl groups is 1. The molecule has 0 radical (unpaired) electrons. The third-order valence-corrected chi connectivity index (χ3v) is 7.32. The molecule has 2 fully saturated rings. The average Bonchev–Trinajstić information content (AvgIpc) is 3.82. The molecule has 3 aromatic heterocycles. The third-order valence-electron chi connectivity index (χ3n) is 7.32. The number of imidazole rings is 1. The second-order valence-electron chi connectivity index (χ2n) is 10.5. The Morgan fingerprint density at radius 1 is 1.18 bits per heavy atom. The van der Waals surface area contributed by atoms with Gasteiger partial charge < -0.3 is 29.6 Å². The van der Waals surface area contributed by atoms with Crippen molar-refractivity contribution >= 4 is 34.4 Å². The van der Waals surface area contributed by atoms with E-state index in [-0.39, 0.29) is 23.5 Å². The number of fused-ring (bicyclic) bond motifs is 1. The number of nitrogens with zero attached hydrogens (tertiary/aromatic N) is 4. The molecule has 6 rings (SSSR count). The van der Waals surface area contributed by atoms with Crippen molar-refractivity contribution in [1.29, 1.82) is 0 Å². The number of rotatable bonds is 9. The molecule has 10 nitrogen and oxygen atoms in total. The largest absolute Gasteiger partial charge is 0.457 e. The quantitative estimate of drug-likeness (QED) is 0.305. The molecular formula is C28H30N6O4. The Balaban J connectivity index is 1.28. The Kier molecular flexibility index (Phi) is 5.91. The number of aromatic nitrogens is 4. The molecule has 10 heteroatoms. The fourth-order valence-corrected chi connectivity index (χ4v) is 4.74. The Labute approximate surface area is 219 Å². The van der Waals surface area contributed by atoms with Crippen LogP contribution in [-0.2, 0) is 18.4 Å². The van der Waals surface area contributed by atoms with E-state index in [4.69, 9.17) is 9.72 Å². The maximum Gasteiger partial charge on any atom is 0.274 e. The van der Waals surface area contributed by atoms with Crippen LogP contribution in [0.25, 0.3) is 11.0 Å². The average molecular weight is 515 g/mol. The fraction of sp³-hybridized carbons (Fsp3) is 0.357. The number of amides is 1. The van der Waals surface area contributed by atoms with Crippen LogP contribution < -0.4 is 20.9 Å². The highest BCUT2D eigenvalue weighted by atomic mass is 16.5. The number of carbonyl (C=O) groups is 1. The summed E-state index contributed by atoms with van der Waals surface area (Å²) in [5, 5.41) is 15.7. The molecular weight excluding hydrogens is 484 g/mol. The van der Waals surface area contributed by atoms with E-state index in [0.29, 0.717) is 41.4 Å². The molecule has 0 bridgehead atoms. The van der Waals surface area contributed by atoms with Crippen molar-refractivity contribution in [3.8, 4) is 11.5 Å². The van der Waals surface area contributed by atoms with E-state index in [0.717, 1.165) is 42.3 Å². The van der Waals surface area contributed by atoms with Gasteiger partial charge in [0.15, 0.2) is 0 Å². The summed E-state index contributed by atoms with van der Waals surface area (Å²) >= 11 is 0. The Morgan fingerprint density at radius 3 is 2.68 bits per heavy atom. The normalized spacial score (nSPS) is 15.9. The lowest BCUT2D eigenvalue weighted by molar-refractivity contribution is -0.114. The number of aliphatic hydroxyl groups excluding tert-OH is 1. The zero-order valence-electron chi connectivity index (χ0n) is 21.4. The van der Waals surface area contributed by atoms with Crippen LogP contribution in [0.15, 0.2) is 53.6 Å². The van der Waals surface area contributed by atoms with Crippen molar-refractivity contribution in [3.63, 3.8) is 0 Å². The van der Waals surface area contributed by atoms with Crippen molar-refractivity contribution in [2.75, 3.05) is 17.2 Å². The first kappa shape index (κ1) is 24.2. The molecule has 4 aromatic rings. The van der Waals surface area contributed by atoms with Crippen LogP contribution in [0.1, 0.15) is 44.1 Å². The van der Waals surface area contributed by atoms with Crippen molar-refractivity contribution in [2.24, 2.45) is 12.5 Å². The number of anilines is 3. The molecule has 38 heavy (non-hydrogen) atoms. The first-order valence-electron chi connectivity index (χ1n) is 12.8. The standard InChI is InChI=1S/C28H30N6O4/c1-17(36)30-25-13-21(7-10-29-25)38-20-5-6-22-24(12-20)33(2)27(31-22)32-23-11-19(18-3-4-18)14-34(26(23)37)15-28(16-35)8-9-28/h5-7,10-14,18,35H,3-4,8-9,15-16H2,1-2H3,(H,31,32)(H,29,30,36). The molecule has 196 valence electrons. The lowest BCUT2D eigenvalue weighted by Gasteiger charge is -2.17. The second kappa shape index (κ2) is 9.29. The predicted molar refractivity (Wildman–Crippen MR) is 144 cm³/mol.